The van der Waals surface area contributed by atoms with Crippen LogP contribution in [0, 0.1) is 0 Å². The number of aromatic nitrogens is 2. The first kappa shape index (κ1) is 13.8. The highest BCUT2D eigenvalue weighted by Gasteiger charge is 2.22. The van der Waals surface area contributed by atoms with Gasteiger partial charge in [-0.25, -0.2) is 9.97 Å². The highest BCUT2D eigenvalue weighted by atomic mass is 35.5. The summed E-state index contributed by atoms with van der Waals surface area (Å²) in [5.74, 6) is 0.956. The lowest BCUT2D eigenvalue weighted by molar-refractivity contribution is 0.0746. The Balaban J connectivity index is 1.63. The van der Waals surface area contributed by atoms with Crippen LogP contribution in [0.15, 0.2) is 42.7 Å². The van der Waals surface area contributed by atoms with Crippen LogP contribution in [0.2, 0.25) is 5.15 Å². The van der Waals surface area contributed by atoms with E-state index in [2.05, 4.69) is 14.9 Å². The molecule has 0 N–H and O–H groups in total. The third-order valence-corrected chi connectivity index (χ3v) is 3.74. The zero-order chi connectivity index (χ0) is 14.7. The van der Waals surface area contributed by atoms with Gasteiger partial charge in [-0.15, -0.1) is 0 Å². The lowest BCUT2D eigenvalue weighted by atomic mass is 10.2. The summed E-state index contributed by atoms with van der Waals surface area (Å²) in [7, 11) is 0. The molecule has 6 heteroatoms. The second-order valence-corrected chi connectivity index (χ2v) is 5.22. The fourth-order valence-corrected chi connectivity index (χ4v) is 2.48. The minimum Gasteiger partial charge on any atom is -0.353 e. The molecule has 0 radical (unpaired) electrons. The van der Waals surface area contributed by atoms with Crippen LogP contribution in [0.5, 0.6) is 0 Å². The molecule has 0 bridgehead atoms. The first-order valence-electron chi connectivity index (χ1n) is 6.81. The average molecular weight is 303 g/mol. The number of piperazine rings is 1. The zero-order valence-corrected chi connectivity index (χ0v) is 12.2. The van der Waals surface area contributed by atoms with Gasteiger partial charge in [0.25, 0.3) is 5.91 Å². The molecule has 0 atom stereocenters. The molecular weight excluding hydrogens is 288 g/mol. The Hall–Kier alpha value is -2.14. The number of carbonyl (C=O) groups excluding carboxylic acids is 1. The van der Waals surface area contributed by atoms with Crippen LogP contribution in [0.25, 0.3) is 0 Å². The lowest BCUT2D eigenvalue weighted by Gasteiger charge is -2.35. The van der Waals surface area contributed by atoms with Crippen LogP contribution in [-0.4, -0.2) is 47.0 Å². The van der Waals surface area contributed by atoms with Crippen molar-refractivity contribution in [3.8, 4) is 0 Å². The average Bonchev–Trinajstić information content (AvgIpc) is 2.56. The Morgan fingerprint density at radius 1 is 1.05 bits per heavy atom. The fraction of sp³-hybridized carbons (Fsp3) is 0.267. The second kappa shape index (κ2) is 6.10. The van der Waals surface area contributed by atoms with Crippen LogP contribution in [0.4, 0.5) is 5.82 Å². The van der Waals surface area contributed by atoms with E-state index in [1.54, 1.807) is 18.3 Å². The summed E-state index contributed by atoms with van der Waals surface area (Å²) < 4.78 is 0. The molecule has 2 aromatic rings. The number of nitrogens with zero attached hydrogens (tertiary/aromatic N) is 4. The summed E-state index contributed by atoms with van der Waals surface area (Å²) in [5.41, 5.74) is 0.575. The Labute approximate surface area is 128 Å². The van der Waals surface area contributed by atoms with Crippen molar-refractivity contribution in [2.45, 2.75) is 0 Å². The molecule has 0 aliphatic carbocycles. The van der Waals surface area contributed by atoms with Crippen LogP contribution in [0.1, 0.15) is 10.4 Å². The Morgan fingerprint density at radius 2 is 1.86 bits per heavy atom. The van der Waals surface area contributed by atoms with Gasteiger partial charge in [0, 0.05) is 38.6 Å². The van der Waals surface area contributed by atoms with E-state index in [1.807, 2.05) is 23.1 Å². The van der Waals surface area contributed by atoms with Crippen molar-refractivity contribution in [1.82, 2.24) is 14.9 Å². The van der Waals surface area contributed by atoms with Gasteiger partial charge in [0.1, 0.15) is 11.0 Å². The van der Waals surface area contributed by atoms with Gasteiger partial charge in [-0.2, -0.15) is 0 Å². The number of amides is 1. The maximum Gasteiger partial charge on any atom is 0.255 e. The predicted molar refractivity (Wildman–Crippen MR) is 81.6 cm³/mol. The molecule has 1 aliphatic heterocycles. The van der Waals surface area contributed by atoms with Gasteiger partial charge in [0.2, 0.25) is 0 Å². The van der Waals surface area contributed by atoms with Crippen molar-refractivity contribution in [2.24, 2.45) is 0 Å². The quantitative estimate of drug-likeness (QED) is 0.797. The number of halogens is 1. The molecule has 0 spiro atoms. The minimum absolute atomic E-state index is 0.000150. The van der Waals surface area contributed by atoms with Gasteiger partial charge in [-0.1, -0.05) is 17.7 Å². The largest absolute Gasteiger partial charge is 0.353 e. The molecule has 3 heterocycles. The molecule has 1 fully saturated rings. The monoisotopic (exact) mass is 302 g/mol. The van der Waals surface area contributed by atoms with Gasteiger partial charge >= 0.3 is 0 Å². The topological polar surface area (TPSA) is 49.3 Å². The van der Waals surface area contributed by atoms with Crippen molar-refractivity contribution in [3.63, 3.8) is 0 Å². The van der Waals surface area contributed by atoms with Crippen LogP contribution < -0.4 is 4.90 Å². The third kappa shape index (κ3) is 3.13. The van der Waals surface area contributed by atoms with E-state index in [1.165, 1.54) is 6.20 Å². The van der Waals surface area contributed by atoms with Crippen molar-refractivity contribution in [2.75, 3.05) is 31.1 Å². The van der Waals surface area contributed by atoms with Gasteiger partial charge in [0.05, 0.1) is 5.56 Å². The van der Waals surface area contributed by atoms with Crippen molar-refractivity contribution in [1.29, 1.82) is 0 Å². The van der Waals surface area contributed by atoms with E-state index in [-0.39, 0.29) is 5.91 Å². The second-order valence-electron chi connectivity index (χ2n) is 4.84. The summed E-state index contributed by atoms with van der Waals surface area (Å²) in [6.07, 6.45) is 3.31. The number of pyridine rings is 2. The minimum atomic E-state index is -0.000150. The Bertz CT molecular complexity index is 609. The molecule has 0 saturated carbocycles. The summed E-state index contributed by atoms with van der Waals surface area (Å²) in [4.78, 5) is 24.7. The molecule has 1 amide bonds. The maximum absolute atomic E-state index is 12.4. The van der Waals surface area contributed by atoms with E-state index < -0.39 is 0 Å². The number of hydrogen-bond acceptors (Lipinski definition) is 4. The maximum atomic E-state index is 12.4. The Morgan fingerprint density at radius 3 is 2.48 bits per heavy atom. The van der Waals surface area contributed by atoms with Gasteiger partial charge in [0.15, 0.2) is 0 Å². The van der Waals surface area contributed by atoms with E-state index >= 15 is 0 Å². The molecule has 2 aromatic heterocycles. The smallest absolute Gasteiger partial charge is 0.255 e. The van der Waals surface area contributed by atoms with Crippen molar-refractivity contribution in [3.05, 3.63) is 53.4 Å². The summed E-state index contributed by atoms with van der Waals surface area (Å²) in [5, 5.41) is 0.395. The zero-order valence-electron chi connectivity index (χ0n) is 11.4. The van der Waals surface area contributed by atoms with E-state index in [0.29, 0.717) is 23.8 Å². The molecule has 1 aliphatic rings. The Kier molecular flexibility index (Phi) is 4.01. The highest BCUT2D eigenvalue weighted by Crippen LogP contribution is 2.14. The normalized spacial score (nSPS) is 15.1. The standard InChI is InChI=1S/C15H15ClN4O/c16-13-5-4-12(11-18-13)15(21)20-9-7-19(8-10-20)14-3-1-2-6-17-14/h1-6,11H,7-10H2. The summed E-state index contributed by atoms with van der Waals surface area (Å²) in [6, 6.07) is 9.21. The molecule has 0 unspecified atom stereocenters. The van der Waals surface area contributed by atoms with Gasteiger partial charge < -0.3 is 9.80 Å². The first-order chi connectivity index (χ1) is 10.2. The molecular formula is C15H15ClN4O. The fourth-order valence-electron chi connectivity index (χ4n) is 2.36. The van der Waals surface area contributed by atoms with Gasteiger partial charge in [-0.05, 0) is 24.3 Å². The molecule has 108 valence electrons. The van der Waals surface area contributed by atoms with Crippen molar-refractivity contribution < 1.29 is 4.79 Å². The molecule has 5 nitrogen and oxygen atoms in total. The first-order valence-corrected chi connectivity index (χ1v) is 7.18. The lowest BCUT2D eigenvalue weighted by Crippen LogP contribution is -2.49. The van der Waals surface area contributed by atoms with E-state index in [0.717, 1.165) is 18.9 Å². The van der Waals surface area contributed by atoms with Crippen molar-refractivity contribution >= 4 is 23.3 Å². The SMILES string of the molecule is O=C(c1ccc(Cl)nc1)N1CCN(c2ccccn2)CC1. The van der Waals surface area contributed by atoms with Crippen LogP contribution >= 0.6 is 11.6 Å². The molecule has 0 aromatic carbocycles. The highest BCUT2D eigenvalue weighted by molar-refractivity contribution is 6.29. The number of rotatable bonds is 2. The predicted octanol–water partition coefficient (Wildman–Crippen LogP) is 2.09. The molecule has 3 rings (SSSR count). The van der Waals surface area contributed by atoms with Crippen LogP contribution in [-0.2, 0) is 0 Å². The number of carbonyl (C=O) groups is 1. The number of anilines is 1. The summed E-state index contributed by atoms with van der Waals surface area (Å²) in [6.45, 7) is 2.92. The number of hydrogen-bond donors (Lipinski definition) is 0. The summed E-state index contributed by atoms with van der Waals surface area (Å²) >= 11 is 5.74. The van der Waals surface area contributed by atoms with Gasteiger partial charge in [-0.3, -0.25) is 4.79 Å². The molecule has 21 heavy (non-hydrogen) atoms. The molecule has 1 saturated heterocycles. The third-order valence-electron chi connectivity index (χ3n) is 3.51. The van der Waals surface area contributed by atoms with E-state index in [4.69, 9.17) is 11.6 Å². The van der Waals surface area contributed by atoms with Crippen LogP contribution in [0.3, 0.4) is 0 Å². The van der Waals surface area contributed by atoms with E-state index in [9.17, 15) is 4.79 Å².